The molecule has 0 spiro atoms. The van der Waals surface area contributed by atoms with Crippen LogP contribution in [-0.4, -0.2) is 19.8 Å². The number of hydrogen-bond acceptors (Lipinski definition) is 4. The predicted molar refractivity (Wildman–Crippen MR) is 106 cm³/mol. The minimum atomic E-state index is -1.56. The standard InChI is InChI=1S/C20H25NO4Si/c1-20(2,3)25-19(23)21-13-15-12-17(22)16-9-7-8-14(18(16)24-15)10-11-26(4,5)6/h7-9,12H,13H2,1-6H3,(H,21,23). The van der Waals surface area contributed by atoms with Crippen molar-refractivity contribution in [3.8, 4) is 11.5 Å². The Hall–Kier alpha value is -2.52. The summed E-state index contributed by atoms with van der Waals surface area (Å²) in [6.07, 6.45) is -0.563. The van der Waals surface area contributed by atoms with Gasteiger partial charge in [0, 0.05) is 6.07 Å². The molecule has 1 aromatic heterocycles. The maximum absolute atomic E-state index is 12.4. The van der Waals surface area contributed by atoms with E-state index in [-0.39, 0.29) is 12.0 Å². The fourth-order valence-corrected chi connectivity index (χ4v) is 2.65. The highest BCUT2D eigenvalue weighted by atomic mass is 28.3. The Morgan fingerprint density at radius 3 is 2.58 bits per heavy atom. The number of carbonyl (C=O) groups excluding carboxylic acids is 1. The third-order valence-corrected chi connectivity index (χ3v) is 4.06. The second kappa shape index (κ2) is 7.38. The fourth-order valence-electron chi connectivity index (χ4n) is 2.14. The molecular formula is C20H25NO4Si. The second-order valence-electron chi connectivity index (χ2n) is 8.11. The van der Waals surface area contributed by atoms with Crippen LogP contribution in [0, 0.1) is 11.5 Å². The van der Waals surface area contributed by atoms with Crippen molar-refractivity contribution in [2.24, 2.45) is 0 Å². The smallest absolute Gasteiger partial charge is 0.408 e. The zero-order chi connectivity index (χ0) is 19.5. The van der Waals surface area contributed by atoms with Gasteiger partial charge in [0.25, 0.3) is 0 Å². The highest BCUT2D eigenvalue weighted by molar-refractivity contribution is 6.83. The maximum atomic E-state index is 12.4. The third kappa shape index (κ3) is 5.78. The van der Waals surface area contributed by atoms with Gasteiger partial charge in [-0.3, -0.25) is 4.79 Å². The van der Waals surface area contributed by atoms with Gasteiger partial charge in [-0.25, -0.2) is 4.79 Å². The van der Waals surface area contributed by atoms with E-state index in [0.29, 0.717) is 22.3 Å². The van der Waals surface area contributed by atoms with Crippen molar-refractivity contribution in [1.29, 1.82) is 0 Å². The van der Waals surface area contributed by atoms with E-state index >= 15 is 0 Å². The molecule has 2 aromatic rings. The van der Waals surface area contributed by atoms with Crippen LogP contribution in [0.1, 0.15) is 32.1 Å². The number of nitrogens with one attached hydrogen (secondary N) is 1. The highest BCUT2D eigenvalue weighted by Gasteiger charge is 2.16. The first-order valence-electron chi connectivity index (χ1n) is 8.50. The van der Waals surface area contributed by atoms with Crippen molar-refractivity contribution in [1.82, 2.24) is 5.32 Å². The molecule has 0 saturated heterocycles. The van der Waals surface area contributed by atoms with Gasteiger partial charge in [0.05, 0.1) is 17.5 Å². The van der Waals surface area contributed by atoms with Gasteiger partial charge in [-0.2, -0.15) is 0 Å². The van der Waals surface area contributed by atoms with Crippen LogP contribution in [0.15, 0.2) is 33.5 Å². The quantitative estimate of drug-likeness (QED) is 0.639. The molecule has 1 amide bonds. The fraction of sp³-hybridized carbons (Fsp3) is 0.400. The average Bonchev–Trinajstić information content (AvgIpc) is 2.48. The lowest BCUT2D eigenvalue weighted by molar-refractivity contribution is 0.0520. The van der Waals surface area contributed by atoms with E-state index in [1.807, 2.05) is 6.07 Å². The summed E-state index contributed by atoms with van der Waals surface area (Å²) >= 11 is 0. The van der Waals surface area contributed by atoms with Crippen LogP contribution < -0.4 is 10.7 Å². The van der Waals surface area contributed by atoms with Crippen molar-refractivity contribution < 1.29 is 13.9 Å². The lowest BCUT2D eigenvalue weighted by Gasteiger charge is -2.19. The average molecular weight is 372 g/mol. The van der Waals surface area contributed by atoms with Gasteiger partial charge in [0.15, 0.2) is 11.0 Å². The molecule has 26 heavy (non-hydrogen) atoms. The van der Waals surface area contributed by atoms with Crippen LogP contribution in [0.2, 0.25) is 19.6 Å². The van der Waals surface area contributed by atoms with Crippen LogP contribution >= 0.6 is 0 Å². The number of hydrogen-bond donors (Lipinski definition) is 1. The Morgan fingerprint density at radius 1 is 1.27 bits per heavy atom. The lowest BCUT2D eigenvalue weighted by atomic mass is 10.1. The Balaban J connectivity index is 2.34. The van der Waals surface area contributed by atoms with E-state index < -0.39 is 19.8 Å². The minimum absolute atomic E-state index is 0.0654. The van der Waals surface area contributed by atoms with Gasteiger partial charge in [-0.05, 0) is 32.9 Å². The van der Waals surface area contributed by atoms with E-state index in [4.69, 9.17) is 9.15 Å². The molecule has 1 aromatic carbocycles. The molecule has 138 valence electrons. The van der Waals surface area contributed by atoms with E-state index in [0.717, 1.165) is 0 Å². The topological polar surface area (TPSA) is 68.5 Å². The number of amides is 1. The van der Waals surface area contributed by atoms with Gasteiger partial charge < -0.3 is 14.5 Å². The van der Waals surface area contributed by atoms with E-state index in [1.165, 1.54) is 6.07 Å². The number of carbonyl (C=O) groups is 1. The normalized spacial score (nSPS) is 11.6. The van der Waals surface area contributed by atoms with Crippen LogP contribution in [0.25, 0.3) is 11.0 Å². The summed E-state index contributed by atoms with van der Waals surface area (Å²) < 4.78 is 11.1. The number of ether oxygens (including phenoxy) is 1. The van der Waals surface area contributed by atoms with Crippen LogP contribution in [0.5, 0.6) is 0 Å². The number of fused-ring (bicyclic) bond motifs is 1. The molecule has 0 aliphatic heterocycles. The lowest BCUT2D eigenvalue weighted by Crippen LogP contribution is -2.32. The molecule has 0 saturated carbocycles. The van der Waals surface area contributed by atoms with Crippen molar-refractivity contribution in [3.05, 3.63) is 45.8 Å². The number of rotatable bonds is 2. The first-order valence-corrected chi connectivity index (χ1v) is 12.0. The summed E-state index contributed by atoms with van der Waals surface area (Å²) in [5.41, 5.74) is 3.66. The molecule has 0 aliphatic rings. The molecule has 6 heteroatoms. The second-order valence-corrected chi connectivity index (χ2v) is 12.9. The summed E-state index contributed by atoms with van der Waals surface area (Å²) in [6.45, 7) is 11.9. The Morgan fingerprint density at radius 2 is 1.96 bits per heavy atom. The first-order chi connectivity index (χ1) is 11.9. The summed E-state index contributed by atoms with van der Waals surface area (Å²) in [5.74, 6) is 3.50. The molecule has 0 bridgehead atoms. The Kier molecular flexibility index (Phi) is 5.62. The molecule has 1 N–H and O–H groups in total. The number of alkyl carbamates (subject to hydrolysis) is 1. The molecular weight excluding hydrogens is 346 g/mol. The van der Waals surface area contributed by atoms with Crippen LogP contribution in [0.3, 0.4) is 0 Å². The van der Waals surface area contributed by atoms with Gasteiger partial charge in [-0.1, -0.05) is 31.6 Å². The van der Waals surface area contributed by atoms with E-state index in [1.54, 1.807) is 32.9 Å². The van der Waals surface area contributed by atoms with Crippen molar-refractivity contribution in [3.63, 3.8) is 0 Å². The van der Waals surface area contributed by atoms with Crippen molar-refractivity contribution in [2.75, 3.05) is 0 Å². The summed E-state index contributed by atoms with van der Waals surface area (Å²) in [7, 11) is -1.56. The number of para-hydroxylation sites is 1. The van der Waals surface area contributed by atoms with Gasteiger partial charge in [0.1, 0.15) is 19.4 Å². The minimum Gasteiger partial charge on any atom is -0.458 e. The van der Waals surface area contributed by atoms with Gasteiger partial charge >= 0.3 is 6.09 Å². The Bertz CT molecular complexity index is 937. The SMILES string of the molecule is CC(C)(C)OC(=O)NCc1cc(=O)c2cccc(C#C[Si](C)(C)C)c2o1. The predicted octanol–water partition coefficient (Wildman–Crippen LogP) is 4.05. The third-order valence-electron chi connectivity index (χ3n) is 3.18. The molecule has 5 nitrogen and oxygen atoms in total. The monoisotopic (exact) mass is 371 g/mol. The van der Waals surface area contributed by atoms with Gasteiger partial charge in [0.2, 0.25) is 0 Å². The summed E-state index contributed by atoms with van der Waals surface area (Å²) in [5, 5.41) is 3.08. The summed E-state index contributed by atoms with van der Waals surface area (Å²) in [4.78, 5) is 24.2. The molecule has 0 aliphatic carbocycles. The molecule has 0 unspecified atom stereocenters. The Labute approximate surface area is 154 Å². The largest absolute Gasteiger partial charge is 0.458 e. The molecule has 0 fully saturated rings. The first kappa shape index (κ1) is 19.8. The molecule has 0 radical (unpaired) electrons. The highest BCUT2D eigenvalue weighted by Crippen LogP contribution is 2.17. The van der Waals surface area contributed by atoms with Crippen LogP contribution in [-0.2, 0) is 11.3 Å². The zero-order valence-corrected chi connectivity index (χ0v) is 17.1. The van der Waals surface area contributed by atoms with Crippen LogP contribution in [0.4, 0.5) is 4.79 Å². The maximum Gasteiger partial charge on any atom is 0.408 e. The zero-order valence-electron chi connectivity index (χ0n) is 16.1. The summed E-state index contributed by atoms with van der Waals surface area (Å²) in [6, 6.07) is 6.73. The van der Waals surface area contributed by atoms with E-state index in [2.05, 4.69) is 36.4 Å². The van der Waals surface area contributed by atoms with Crippen molar-refractivity contribution in [2.45, 2.75) is 52.6 Å². The van der Waals surface area contributed by atoms with E-state index in [9.17, 15) is 9.59 Å². The molecule has 1 heterocycles. The van der Waals surface area contributed by atoms with Crippen molar-refractivity contribution >= 4 is 25.1 Å². The molecule has 2 rings (SSSR count). The number of benzene rings is 1. The molecule has 0 atom stereocenters. The van der Waals surface area contributed by atoms with Gasteiger partial charge in [-0.15, -0.1) is 5.54 Å².